The third-order valence-corrected chi connectivity index (χ3v) is 5.19. The maximum atomic E-state index is 3.24. The van der Waals surface area contributed by atoms with Crippen molar-refractivity contribution in [2.24, 2.45) is 5.92 Å². The van der Waals surface area contributed by atoms with Crippen molar-refractivity contribution in [3.63, 3.8) is 0 Å². The lowest BCUT2D eigenvalue weighted by Gasteiger charge is -2.37. The van der Waals surface area contributed by atoms with Gasteiger partial charge in [0.1, 0.15) is 0 Å². The van der Waals surface area contributed by atoms with E-state index < -0.39 is 0 Å². The second-order valence-corrected chi connectivity index (χ2v) is 6.84. The molecule has 104 valence electrons. The Hall–Kier alpha value is 0.430. The first-order valence-electron chi connectivity index (χ1n) is 7.93. The van der Waals surface area contributed by atoms with Gasteiger partial charge in [-0.05, 0) is 30.3 Å². The molecule has 0 spiro atoms. The minimum Gasteiger partial charge on any atom is -0.131 e. The third kappa shape index (κ3) is 6.80. The lowest BCUT2D eigenvalue weighted by atomic mass is 9.79. The molecule has 0 radical (unpaired) electrons. The lowest BCUT2D eigenvalue weighted by Crippen LogP contribution is -2.31. The van der Waals surface area contributed by atoms with Crippen LogP contribution >= 0.6 is 9.24 Å². The van der Waals surface area contributed by atoms with Crippen LogP contribution in [0.15, 0.2) is 0 Å². The molecule has 0 amide bonds. The zero-order valence-electron chi connectivity index (χ0n) is 12.7. The minimum atomic E-state index is 0.532. The van der Waals surface area contributed by atoms with Gasteiger partial charge in [-0.15, -0.1) is 9.24 Å². The van der Waals surface area contributed by atoms with E-state index in [0.29, 0.717) is 5.16 Å². The van der Waals surface area contributed by atoms with Crippen molar-refractivity contribution in [2.45, 2.75) is 97.1 Å². The van der Waals surface area contributed by atoms with Crippen LogP contribution in [0.3, 0.4) is 0 Å². The molecule has 0 aliphatic rings. The first kappa shape index (κ1) is 17.4. The second-order valence-electron chi connectivity index (χ2n) is 5.69. The molecule has 0 aromatic carbocycles. The topological polar surface area (TPSA) is 0 Å². The summed E-state index contributed by atoms with van der Waals surface area (Å²) >= 11 is 0. The Kier molecular flexibility index (Phi) is 10.6. The fourth-order valence-corrected chi connectivity index (χ4v) is 4.16. The summed E-state index contributed by atoms with van der Waals surface area (Å²) < 4.78 is 0. The van der Waals surface area contributed by atoms with Crippen molar-refractivity contribution in [1.29, 1.82) is 0 Å². The Morgan fingerprint density at radius 3 is 1.82 bits per heavy atom. The van der Waals surface area contributed by atoms with Crippen molar-refractivity contribution in [3.8, 4) is 0 Å². The van der Waals surface area contributed by atoms with Gasteiger partial charge in [0.2, 0.25) is 0 Å². The average Bonchev–Trinajstić information content (AvgIpc) is 2.29. The van der Waals surface area contributed by atoms with E-state index in [2.05, 4.69) is 36.9 Å². The van der Waals surface area contributed by atoms with E-state index in [1.54, 1.807) is 0 Å². The first-order chi connectivity index (χ1) is 8.14. The van der Waals surface area contributed by atoms with Crippen LogP contribution in [0, 0.1) is 5.92 Å². The van der Waals surface area contributed by atoms with Gasteiger partial charge in [0.15, 0.2) is 0 Å². The summed E-state index contributed by atoms with van der Waals surface area (Å²) in [5, 5.41) is 0.532. The number of hydrogen-bond acceptors (Lipinski definition) is 0. The monoisotopic (exact) mass is 258 g/mol. The van der Waals surface area contributed by atoms with E-state index in [0.717, 1.165) is 5.92 Å². The van der Waals surface area contributed by atoms with Crippen molar-refractivity contribution in [2.75, 3.05) is 0 Å². The molecule has 0 saturated heterocycles. The van der Waals surface area contributed by atoms with Gasteiger partial charge in [0.05, 0.1) is 0 Å². The molecule has 0 fully saturated rings. The average molecular weight is 258 g/mol. The predicted molar refractivity (Wildman–Crippen MR) is 84.8 cm³/mol. The molecule has 0 aliphatic carbocycles. The van der Waals surface area contributed by atoms with E-state index >= 15 is 0 Å². The molecular weight excluding hydrogens is 223 g/mol. The molecule has 0 aliphatic heterocycles. The van der Waals surface area contributed by atoms with Crippen molar-refractivity contribution < 1.29 is 0 Å². The van der Waals surface area contributed by atoms with E-state index in [9.17, 15) is 0 Å². The van der Waals surface area contributed by atoms with Gasteiger partial charge in [-0.25, -0.2) is 0 Å². The summed E-state index contributed by atoms with van der Waals surface area (Å²) in [5.41, 5.74) is 0. The van der Waals surface area contributed by atoms with Gasteiger partial charge >= 0.3 is 0 Å². The molecule has 2 unspecified atom stereocenters. The van der Waals surface area contributed by atoms with Gasteiger partial charge in [0.25, 0.3) is 0 Å². The number of rotatable bonds is 11. The van der Waals surface area contributed by atoms with Crippen molar-refractivity contribution in [3.05, 3.63) is 0 Å². The fraction of sp³-hybridized carbons (Fsp3) is 1.00. The molecule has 0 saturated carbocycles. The molecule has 0 rings (SSSR count). The summed E-state index contributed by atoms with van der Waals surface area (Å²) in [4.78, 5) is 0. The molecule has 0 N–H and O–H groups in total. The lowest BCUT2D eigenvalue weighted by molar-refractivity contribution is 0.295. The second kappa shape index (κ2) is 10.4. The van der Waals surface area contributed by atoms with Crippen LogP contribution in [-0.2, 0) is 0 Å². The molecule has 17 heavy (non-hydrogen) atoms. The molecule has 2 atom stereocenters. The quantitative estimate of drug-likeness (QED) is 0.306. The van der Waals surface area contributed by atoms with Crippen LogP contribution in [0.2, 0.25) is 0 Å². The maximum absolute atomic E-state index is 3.24. The molecule has 0 aromatic heterocycles. The Balaban J connectivity index is 4.24. The zero-order valence-corrected chi connectivity index (χ0v) is 13.9. The molecule has 0 bridgehead atoms. The highest BCUT2D eigenvalue weighted by molar-refractivity contribution is 7.19. The van der Waals surface area contributed by atoms with E-state index in [1.807, 2.05) is 0 Å². The predicted octanol–water partition coefficient (Wildman–Crippen LogP) is 6.20. The summed E-state index contributed by atoms with van der Waals surface area (Å²) in [6.07, 6.45) is 13.9. The van der Waals surface area contributed by atoms with Gasteiger partial charge in [0, 0.05) is 0 Å². The van der Waals surface area contributed by atoms with E-state index in [-0.39, 0.29) is 0 Å². The highest BCUT2D eigenvalue weighted by atomic mass is 31.0. The van der Waals surface area contributed by atoms with Gasteiger partial charge in [-0.2, -0.15) is 0 Å². The smallest absolute Gasteiger partial charge is 0.0122 e. The third-order valence-electron chi connectivity index (χ3n) is 4.14. The Morgan fingerprint density at radius 2 is 1.41 bits per heavy atom. The largest absolute Gasteiger partial charge is 0.131 e. The minimum absolute atomic E-state index is 0.532. The van der Waals surface area contributed by atoms with Crippen molar-refractivity contribution >= 4 is 9.24 Å². The SMILES string of the molecule is CCCCCCC(CC)C(P)(CCC)CCC. The highest BCUT2D eigenvalue weighted by Crippen LogP contribution is 2.41. The summed E-state index contributed by atoms with van der Waals surface area (Å²) in [6.45, 7) is 9.34. The van der Waals surface area contributed by atoms with Crippen LogP contribution in [0.1, 0.15) is 91.9 Å². The highest BCUT2D eigenvalue weighted by Gasteiger charge is 2.30. The number of hydrogen-bond donors (Lipinski definition) is 0. The number of unbranched alkanes of at least 4 members (excludes halogenated alkanes) is 3. The molecular formula is C16H35P. The Labute approximate surface area is 113 Å². The Morgan fingerprint density at radius 1 is 0.824 bits per heavy atom. The Bertz CT molecular complexity index is 159. The fourth-order valence-electron chi connectivity index (χ4n) is 3.18. The van der Waals surface area contributed by atoms with E-state index in [4.69, 9.17) is 0 Å². The zero-order chi connectivity index (χ0) is 13.1. The van der Waals surface area contributed by atoms with Gasteiger partial charge < -0.3 is 0 Å². The summed E-state index contributed by atoms with van der Waals surface area (Å²) in [6, 6.07) is 0. The van der Waals surface area contributed by atoms with Gasteiger partial charge in [-0.1, -0.05) is 72.6 Å². The normalized spacial score (nSPS) is 13.9. The maximum Gasteiger partial charge on any atom is -0.0122 e. The standard InChI is InChI=1S/C16H35P/c1-5-9-10-11-12-15(8-4)16(17,13-6-2)14-7-3/h15H,5-14,17H2,1-4H3. The van der Waals surface area contributed by atoms with Crippen LogP contribution in [0.5, 0.6) is 0 Å². The molecule has 0 aromatic rings. The van der Waals surface area contributed by atoms with Crippen LogP contribution in [-0.4, -0.2) is 5.16 Å². The van der Waals surface area contributed by atoms with Crippen LogP contribution in [0.25, 0.3) is 0 Å². The summed E-state index contributed by atoms with van der Waals surface area (Å²) in [5.74, 6) is 0.921. The molecule has 1 heteroatoms. The molecule has 0 heterocycles. The molecule has 0 nitrogen and oxygen atoms in total. The summed E-state index contributed by atoms with van der Waals surface area (Å²) in [7, 11) is 3.24. The van der Waals surface area contributed by atoms with Gasteiger partial charge in [-0.3, -0.25) is 0 Å². The van der Waals surface area contributed by atoms with Crippen molar-refractivity contribution in [1.82, 2.24) is 0 Å². The van der Waals surface area contributed by atoms with Crippen LogP contribution in [0.4, 0.5) is 0 Å². The first-order valence-corrected chi connectivity index (χ1v) is 8.51. The van der Waals surface area contributed by atoms with Crippen LogP contribution < -0.4 is 0 Å². The van der Waals surface area contributed by atoms with E-state index in [1.165, 1.54) is 64.2 Å².